The maximum atomic E-state index is 13.4. The third-order valence-electron chi connectivity index (χ3n) is 5.93. The summed E-state index contributed by atoms with van der Waals surface area (Å²) in [5, 5.41) is 3.54. The largest absolute Gasteiger partial charge is 0.352 e. The number of hydrogen-bond donors (Lipinski definition) is 1. The average molecular weight is 557 g/mol. The van der Waals surface area contributed by atoms with E-state index >= 15 is 0 Å². The van der Waals surface area contributed by atoms with Gasteiger partial charge in [-0.25, -0.2) is 8.42 Å². The smallest absolute Gasteiger partial charge is 0.242 e. The molecule has 10 heteroatoms. The van der Waals surface area contributed by atoms with Crippen LogP contribution in [-0.2, 0) is 26.2 Å². The number of anilines is 1. The summed E-state index contributed by atoms with van der Waals surface area (Å²) >= 11 is 12.3. The van der Waals surface area contributed by atoms with Gasteiger partial charge in [0.05, 0.1) is 17.0 Å². The van der Waals surface area contributed by atoms with Crippen LogP contribution in [0, 0.1) is 6.92 Å². The molecule has 0 saturated carbocycles. The Morgan fingerprint density at radius 2 is 1.78 bits per heavy atom. The Hall–Kier alpha value is -2.29. The molecule has 2 atom stereocenters. The van der Waals surface area contributed by atoms with E-state index in [0.717, 1.165) is 28.1 Å². The van der Waals surface area contributed by atoms with Gasteiger partial charge in [0.1, 0.15) is 6.04 Å². The Labute approximate surface area is 224 Å². The Kier molecular flexibility index (Phi) is 11.1. The summed E-state index contributed by atoms with van der Waals surface area (Å²) in [5.74, 6) is -0.470. The molecule has 2 aromatic rings. The minimum Gasteiger partial charge on any atom is -0.352 e. The lowest BCUT2D eigenvalue weighted by Crippen LogP contribution is -2.49. The second kappa shape index (κ2) is 13.3. The molecular weight excluding hydrogens is 521 g/mol. The second-order valence-corrected chi connectivity index (χ2v) is 11.8. The molecule has 0 saturated heterocycles. The number of nitrogens with one attached hydrogen (secondary N) is 1. The first-order valence-electron chi connectivity index (χ1n) is 11.9. The van der Waals surface area contributed by atoms with Crippen LogP contribution < -0.4 is 9.62 Å². The van der Waals surface area contributed by atoms with E-state index in [2.05, 4.69) is 5.32 Å². The van der Waals surface area contributed by atoms with Crippen molar-refractivity contribution in [1.29, 1.82) is 0 Å². The van der Waals surface area contributed by atoms with Crippen LogP contribution in [0.25, 0.3) is 0 Å². The van der Waals surface area contributed by atoms with Crippen LogP contribution in [0.2, 0.25) is 10.0 Å². The highest BCUT2D eigenvalue weighted by Gasteiger charge is 2.27. The van der Waals surface area contributed by atoms with Crippen LogP contribution in [0.1, 0.15) is 51.2 Å². The lowest BCUT2D eigenvalue weighted by atomic mass is 10.1. The molecule has 1 N–H and O–H groups in total. The van der Waals surface area contributed by atoms with Crippen LogP contribution >= 0.6 is 23.2 Å². The monoisotopic (exact) mass is 555 g/mol. The summed E-state index contributed by atoms with van der Waals surface area (Å²) in [6.07, 6.45) is 2.14. The van der Waals surface area contributed by atoms with Gasteiger partial charge in [0.2, 0.25) is 21.8 Å². The molecule has 7 nitrogen and oxygen atoms in total. The SMILES string of the molecule is CC[C@H](C)NC(=O)[C@H](C)N(Cc1cccc(C)c1)C(=O)CCCN(c1cc(Cl)ccc1Cl)S(C)(=O)=O. The molecule has 2 rings (SSSR count). The van der Waals surface area contributed by atoms with Crippen molar-refractivity contribution in [2.24, 2.45) is 0 Å². The van der Waals surface area contributed by atoms with Gasteiger partial charge in [0.15, 0.2) is 0 Å². The molecule has 0 aliphatic carbocycles. The molecule has 0 bridgehead atoms. The predicted octanol–water partition coefficient (Wildman–Crippen LogP) is 5.18. The summed E-state index contributed by atoms with van der Waals surface area (Å²) in [6.45, 7) is 7.88. The van der Waals surface area contributed by atoms with Gasteiger partial charge in [-0.3, -0.25) is 13.9 Å². The van der Waals surface area contributed by atoms with E-state index in [0.29, 0.717) is 5.02 Å². The number of nitrogens with zero attached hydrogens (tertiary/aromatic N) is 2. The first kappa shape index (κ1) is 29.9. The standard InChI is InChI=1S/C26H35Cl2N3O4S/c1-6-19(3)29-26(33)20(4)30(17-21-10-7-9-18(2)15-21)25(32)11-8-14-31(36(5,34)35)24-16-22(27)12-13-23(24)28/h7,9-10,12-13,15-16,19-20H,6,8,11,14,17H2,1-5H3,(H,29,33)/t19-,20-/m0/s1. The fourth-order valence-corrected chi connectivity index (χ4v) is 5.12. The van der Waals surface area contributed by atoms with Crippen molar-refractivity contribution in [2.45, 2.75) is 65.6 Å². The van der Waals surface area contributed by atoms with Gasteiger partial charge in [-0.15, -0.1) is 0 Å². The number of sulfonamides is 1. The molecule has 36 heavy (non-hydrogen) atoms. The molecule has 0 aliphatic heterocycles. The minimum atomic E-state index is -3.67. The number of halogens is 2. The van der Waals surface area contributed by atoms with Crippen LogP contribution in [0.3, 0.4) is 0 Å². The number of amides is 2. The van der Waals surface area contributed by atoms with Crippen LogP contribution in [0.5, 0.6) is 0 Å². The highest BCUT2D eigenvalue weighted by molar-refractivity contribution is 7.92. The number of hydrogen-bond acceptors (Lipinski definition) is 4. The van der Waals surface area contributed by atoms with Gasteiger partial charge in [-0.05, 0) is 57.4 Å². The third-order valence-corrected chi connectivity index (χ3v) is 7.67. The van der Waals surface area contributed by atoms with E-state index in [4.69, 9.17) is 23.2 Å². The Balaban J connectivity index is 2.21. The zero-order chi connectivity index (χ0) is 27.0. The number of carbonyl (C=O) groups excluding carboxylic acids is 2. The molecule has 198 valence electrons. The quantitative estimate of drug-likeness (QED) is 0.391. The van der Waals surface area contributed by atoms with E-state index in [1.54, 1.807) is 17.9 Å². The van der Waals surface area contributed by atoms with E-state index < -0.39 is 16.1 Å². The van der Waals surface area contributed by atoms with E-state index in [1.165, 1.54) is 12.1 Å². The number of rotatable bonds is 12. The van der Waals surface area contributed by atoms with Crippen molar-refractivity contribution >= 4 is 50.7 Å². The summed E-state index contributed by atoms with van der Waals surface area (Å²) in [6, 6.07) is 11.7. The molecule has 2 aromatic carbocycles. The van der Waals surface area contributed by atoms with Gasteiger partial charge >= 0.3 is 0 Å². The first-order chi connectivity index (χ1) is 16.8. The Bertz CT molecular complexity index is 1170. The van der Waals surface area contributed by atoms with Gasteiger partial charge < -0.3 is 10.2 Å². The maximum absolute atomic E-state index is 13.4. The first-order valence-corrected chi connectivity index (χ1v) is 14.5. The highest BCUT2D eigenvalue weighted by atomic mass is 35.5. The van der Waals surface area contributed by atoms with Crippen molar-refractivity contribution in [2.75, 3.05) is 17.1 Å². The minimum absolute atomic E-state index is 0.0124. The van der Waals surface area contributed by atoms with Crippen molar-refractivity contribution < 1.29 is 18.0 Å². The zero-order valence-corrected chi connectivity index (χ0v) is 23.8. The molecule has 0 heterocycles. The number of benzene rings is 2. The normalized spacial score (nSPS) is 13.1. The molecule has 0 aromatic heterocycles. The van der Waals surface area contributed by atoms with Gasteiger partial charge in [0, 0.05) is 30.6 Å². The maximum Gasteiger partial charge on any atom is 0.242 e. The second-order valence-electron chi connectivity index (χ2n) is 9.04. The predicted molar refractivity (Wildman–Crippen MR) is 147 cm³/mol. The van der Waals surface area contributed by atoms with Crippen molar-refractivity contribution in [1.82, 2.24) is 10.2 Å². The zero-order valence-electron chi connectivity index (χ0n) is 21.4. The topological polar surface area (TPSA) is 86.8 Å². The van der Waals surface area contributed by atoms with Crippen LogP contribution in [0.15, 0.2) is 42.5 Å². The third kappa shape index (κ3) is 8.68. The summed E-state index contributed by atoms with van der Waals surface area (Å²) in [5.41, 5.74) is 2.23. The number of carbonyl (C=O) groups is 2. The number of aryl methyl sites for hydroxylation is 1. The van der Waals surface area contributed by atoms with Crippen LogP contribution in [0.4, 0.5) is 5.69 Å². The lowest BCUT2D eigenvalue weighted by Gasteiger charge is -2.30. The molecule has 0 fully saturated rings. The molecule has 0 radical (unpaired) electrons. The Morgan fingerprint density at radius 3 is 2.39 bits per heavy atom. The van der Waals surface area contributed by atoms with Gasteiger partial charge in [-0.1, -0.05) is 60.0 Å². The molecule has 0 aliphatic rings. The Morgan fingerprint density at radius 1 is 1.08 bits per heavy atom. The van der Waals surface area contributed by atoms with Crippen molar-refractivity contribution in [3.8, 4) is 0 Å². The summed E-state index contributed by atoms with van der Waals surface area (Å²) in [7, 11) is -3.67. The van der Waals surface area contributed by atoms with Crippen molar-refractivity contribution in [3.05, 3.63) is 63.6 Å². The van der Waals surface area contributed by atoms with E-state index in [9.17, 15) is 18.0 Å². The fourth-order valence-electron chi connectivity index (χ4n) is 3.71. The van der Waals surface area contributed by atoms with Crippen molar-refractivity contribution in [3.63, 3.8) is 0 Å². The molecule has 2 amide bonds. The summed E-state index contributed by atoms with van der Waals surface area (Å²) < 4.78 is 26.1. The van der Waals surface area contributed by atoms with Gasteiger partial charge in [-0.2, -0.15) is 0 Å². The van der Waals surface area contributed by atoms with E-state index in [-0.39, 0.29) is 54.5 Å². The average Bonchev–Trinajstić information content (AvgIpc) is 2.80. The summed E-state index contributed by atoms with van der Waals surface area (Å²) in [4.78, 5) is 27.8. The fraction of sp³-hybridized carbons (Fsp3) is 0.462. The molecule has 0 unspecified atom stereocenters. The van der Waals surface area contributed by atoms with E-state index in [1.807, 2.05) is 45.0 Å². The molecule has 0 spiro atoms. The lowest BCUT2D eigenvalue weighted by molar-refractivity contribution is -0.140. The highest BCUT2D eigenvalue weighted by Crippen LogP contribution is 2.31. The molecular formula is C26H35Cl2N3O4S. The van der Waals surface area contributed by atoms with Gasteiger partial charge in [0.25, 0.3) is 0 Å². The van der Waals surface area contributed by atoms with Crippen LogP contribution in [-0.4, -0.2) is 50.0 Å².